The Morgan fingerprint density at radius 2 is 1.97 bits per heavy atom. The highest BCUT2D eigenvalue weighted by Gasteiger charge is 2.48. The lowest BCUT2D eigenvalue weighted by Crippen LogP contribution is -2.65. The fourth-order valence-electron chi connectivity index (χ4n) is 5.60. The van der Waals surface area contributed by atoms with E-state index in [9.17, 15) is 9.59 Å². The Kier molecular flexibility index (Phi) is 4.86. The molecule has 0 unspecified atom stereocenters. The van der Waals surface area contributed by atoms with Gasteiger partial charge >= 0.3 is 0 Å². The van der Waals surface area contributed by atoms with E-state index >= 15 is 0 Å². The second-order valence-electron chi connectivity index (χ2n) is 9.98. The number of carbonyl (C=O) groups is 2. The van der Waals surface area contributed by atoms with Crippen molar-refractivity contribution in [3.8, 4) is 11.5 Å². The maximum Gasteiger partial charge on any atom is 0.271 e. The lowest BCUT2D eigenvalue weighted by Gasteiger charge is -2.45. The third-order valence-corrected chi connectivity index (χ3v) is 7.74. The van der Waals surface area contributed by atoms with Crippen LogP contribution in [0.25, 0.3) is 11.1 Å². The summed E-state index contributed by atoms with van der Waals surface area (Å²) in [5.74, 6) is 1.46. The Morgan fingerprint density at radius 1 is 1.15 bits per heavy atom. The number of aromatic nitrogens is 1. The first-order chi connectivity index (χ1) is 16.4. The number of ether oxygens (including phenoxy) is 2. The summed E-state index contributed by atoms with van der Waals surface area (Å²) in [4.78, 5) is 29.4. The molecule has 1 fully saturated rings. The molecule has 3 aliphatic rings. The molecule has 34 heavy (non-hydrogen) atoms. The Balaban J connectivity index is 1.37. The Labute approximate surface area is 197 Å². The molecule has 1 aromatic carbocycles. The van der Waals surface area contributed by atoms with Crippen LogP contribution in [0.4, 0.5) is 0 Å². The fourth-order valence-corrected chi connectivity index (χ4v) is 5.60. The molecule has 2 aliphatic heterocycles. The van der Waals surface area contributed by atoms with Gasteiger partial charge in [-0.25, -0.2) is 0 Å². The molecule has 4 heterocycles. The molecule has 8 nitrogen and oxygen atoms in total. The zero-order chi connectivity index (χ0) is 23.4. The Morgan fingerprint density at radius 3 is 2.82 bits per heavy atom. The first-order valence-corrected chi connectivity index (χ1v) is 12.0. The summed E-state index contributed by atoms with van der Waals surface area (Å²) >= 11 is 0. The molecule has 3 atom stereocenters. The van der Waals surface area contributed by atoms with Crippen molar-refractivity contribution >= 4 is 22.9 Å². The minimum Gasteiger partial charge on any atom is -0.463 e. The van der Waals surface area contributed by atoms with Crippen molar-refractivity contribution in [3.63, 3.8) is 0 Å². The number of hydrogen-bond donors (Lipinski definition) is 1. The van der Waals surface area contributed by atoms with Crippen LogP contribution in [0.15, 0.2) is 41.0 Å². The zero-order valence-corrected chi connectivity index (χ0v) is 19.5. The molecular formula is C26H29N3O5. The van der Waals surface area contributed by atoms with Crippen LogP contribution in [-0.4, -0.2) is 39.7 Å². The van der Waals surface area contributed by atoms with Crippen molar-refractivity contribution in [2.24, 2.45) is 5.92 Å². The number of rotatable bonds is 4. The van der Waals surface area contributed by atoms with E-state index in [4.69, 9.17) is 13.9 Å². The minimum absolute atomic E-state index is 0.115. The summed E-state index contributed by atoms with van der Waals surface area (Å²) in [7, 11) is 0. The predicted molar refractivity (Wildman–Crippen MR) is 125 cm³/mol. The molecule has 3 aromatic rings. The summed E-state index contributed by atoms with van der Waals surface area (Å²) < 4.78 is 18.4. The van der Waals surface area contributed by atoms with Crippen molar-refractivity contribution in [2.75, 3.05) is 6.79 Å². The number of carbonyl (C=O) groups excluding carboxylic acids is 2. The second kappa shape index (κ2) is 7.82. The summed E-state index contributed by atoms with van der Waals surface area (Å²) in [5, 5.41) is 3.31. The maximum absolute atomic E-state index is 13.9. The van der Waals surface area contributed by atoms with E-state index in [-0.39, 0.29) is 31.2 Å². The summed E-state index contributed by atoms with van der Waals surface area (Å²) in [6.07, 6.45) is 6.01. The van der Waals surface area contributed by atoms with E-state index in [0.29, 0.717) is 35.2 Å². The van der Waals surface area contributed by atoms with Crippen molar-refractivity contribution in [1.29, 1.82) is 0 Å². The second-order valence-corrected chi connectivity index (χ2v) is 9.98. The maximum atomic E-state index is 13.9. The van der Waals surface area contributed by atoms with E-state index in [1.54, 1.807) is 17.2 Å². The van der Waals surface area contributed by atoms with Crippen molar-refractivity contribution < 1.29 is 23.5 Å². The molecule has 0 saturated heterocycles. The van der Waals surface area contributed by atoms with Gasteiger partial charge in [-0.2, -0.15) is 0 Å². The van der Waals surface area contributed by atoms with Crippen molar-refractivity contribution in [3.05, 3.63) is 47.9 Å². The summed E-state index contributed by atoms with van der Waals surface area (Å²) in [5.41, 5.74) is 1.83. The monoisotopic (exact) mass is 463 g/mol. The van der Waals surface area contributed by atoms with Gasteiger partial charge in [0.15, 0.2) is 17.1 Å². The minimum atomic E-state index is -1.07. The first-order valence-electron chi connectivity index (χ1n) is 12.0. The van der Waals surface area contributed by atoms with Crippen LogP contribution in [-0.2, 0) is 17.9 Å². The highest BCUT2D eigenvalue weighted by molar-refractivity contribution is 6.02. The van der Waals surface area contributed by atoms with Crippen LogP contribution in [0.5, 0.6) is 11.5 Å². The zero-order valence-electron chi connectivity index (χ0n) is 19.5. The molecule has 1 aliphatic carbocycles. The first kappa shape index (κ1) is 21.1. The van der Waals surface area contributed by atoms with Gasteiger partial charge in [0, 0.05) is 24.7 Å². The quantitative estimate of drug-likeness (QED) is 0.630. The SMILES string of the molecule is C[C@@H]1CCCC[C@H]1NC(=O)[C@]1(C)Cn2c(cc3occc32)C(=O)N1Cc1ccc2c(c1)OCO2. The number of hydrogen-bond acceptors (Lipinski definition) is 5. The third kappa shape index (κ3) is 3.27. The van der Waals surface area contributed by atoms with Gasteiger partial charge in [0.2, 0.25) is 12.7 Å². The number of fused-ring (bicyclic) bond motifs is 4. The van der Waals surface area contributed by atoms with Gasteiger partial charge in [0.25, 0.3) is 5.91 Å². The largest absolute Gasteiger partial charge is 0.463 e. The third-order valence-electron chi connectivity index (χ3n) is 7.74. The predicted octanol–water partition coefficient (Wildman–Crippen LogP) is 4.07. The molecule has 0 spiro atoms. The molecule has 178 valence electrons. The molecule has 8 heteroatoms. The van der Waals surface area contributed by atoms with Crippen LogP contribution in [0.1, 0.15) is 55.6 Å². The lowest BCUT2D eigenvalue weighted by molar-refractivity contribution is -0.134. The Hall–Kier alpha value is -3.42. The molecular weight excluding hydrogens is 434 g/mol. The number of nitrogens with one attached hydrogen (secondary N) is 1. The number of nitrogens with zero attached hydrogens (tertiary/aromatic N) is 2. The average Bonchev–Trinajstić information content (AvgIpc) is 3.55. The highest BCUT2D eigenvalue weighted by atomic mass is 16.7. The van der Waals surface area contributed by atoms with Gasteiger partial charge in [-0.15, -0.1) is 0 Å². The van der Waals surface area contributed by atoms with Crippen LogP contribution < -0.4 is 14.8 Å². The van der Waals surface area contributed by atoms with Crippen LogP contribution in [0.2, 0.25) is 0 Å². The van der Waals surface area contributed by atoms with E-state index in [0.717, 1.165) is 30.3 Å². The molecule has 2 aromatic heterocycles. The van der Waals surface area contributed by atoms with Gasteiger partial charge in [0.1, 0.15) is 11.2 Å². The van der Waals surface area contributed by atoms with Crippen molar-refractivity contribution in [1.82, 2.24) is 14.8 Å². The van der Waals surface area contributed by atoms with E-state index in [1.807, 2.05) is 35.8 Å². The van der Waals surface area contributed by atoms with Crippen LogP contribution in [0.3, 0.4) is 0 Å². The van der Waals surface area contributed by atoms with Gasteiger partial charge in [-0.05, 0) is 43.4 Å². The van der Waals surface area contributed by atoms with Crippen LogP contribution in [0, 0.1) is 5.92 Å². The topological polar surface area (TPSA) is 85.9 Å². The number of benzene rings is 1. The fraction of sp³-hybridized carbons (Fsp3) is 0.462. The van der Waals surface area contributed by atoms with Gasteiger partial charge in [-0.1, -0.05) is 25.8 Å². The van der Waals surface area contributed by atoms with E-state index in [2.05, 4.69) is 12.2 Å². The number of amides is 2. The van der Waals surface area contributed by atoms with Crippen LogP contribution >= 0.6 is 0 Å². The highest BCUT2D eigenvalue weighted by Crippen LogP contribution is 2.37. The van der Waals surface area contributed by atoms with Gasteiger partial charge in [-0.3, -0.25) is 9.59 Å². The molecule has 0 bridgehead atoms. The Bertz CT molecular complexity index is 1280. The molecule has 1 saturated carbocycles. The molecule has 2 amide bonds. The number of furan rings is 1. The normalized spacial score (nSPS) is 26.1. The van der Waals surface area contributed by atoms with E-state index in [1.165, 1.54) is 6.42 Å². The van der Waals surface area contributed by atoms with Gasteiger partial charge in [0.05, 0.1) is 18.3 Å². The smallest absolute Gasteiger partial charge is 0.271 e. The molecule has 0 radical (unpaired) electrons. The van der Waals surface area contributed by atoms with Crippen molar-refractivity contribution in [2.45, 2.75) is 64.2 Å². The van der Waals surface area contributed by atoms with E-state index < -0.39 is 5.54 Å². The standard InChI is InChI=1S/C26H29N3O5/c1-16-5-3-4-6-18(16)27-25(31)26(2)14-28-19-9-10-32-22(19)12-20(28)24(30)29(26)13-17-7-8-21-23(11-17)34-15-33-21/h7-12,16,18H,3-6,13-15H2,1-2H3,(H,27,31)/t16-,18-,26+/m1/s1. The lowest BCUT2D eigenvalue weighted by atomic mass is 9.85. The summed E-state index contributed by atoms with van der Waals surface area (Å²) in [6.45, 7) is 4.89. The average molecular weight is 464 g/mol. The van der Waals surface area contributed by atoms with Gasteiger partial charge < -0.3 is 28.7 Å². The summed E-state index contributed by atoms with van der Waals surface area (Å²) in [6, 6.07) is 9.40. The molecule has 6 rings (SSSR count). The molecule has 1 N–H and O–H groups in total.